The van der Waals surface area contributed by atoms with Crippen LogP contribution in [0.2, 0.25) is 0 Å². The van der Waals surface area contributed by atoms with E-state index >= 15 is 0 Å². The Bertz CT molecular complexity index is 2950. The molecule has 53 heavy (non-hydrogen) atoms. The lowest BCUT2D eigenvalue weighted by atomic mass is 9.74. The van der Waals surface area contributed by atoms with Gasteiger partial charge in [-0.2, -0.15) is 0 Å². The lowest BCUT2D eigenvalue weighted by molar-refractivity contribution is 0.589. The summed E-state index contributed by atoms with van der Waals surface area (Å²) in [6.45, 7) is 0. The Hall–Kier alpha value is -6.16. The van der Waals surface area contributed by atoms with Crippen LogP contribution in [-0.4, -0.2) is 6.04 Å². The van der Waals surface area contributed by atoms with Gasteiger partial charge in [0.2, 0.25) is 0 Å². The Morgan fingerprint density at radius 3 is 2.30 bits per heavy atom. The molecule has 6 aromatic carbocycles. The van der Waals surface area contributed by atoms with Gasteiger partial charge < -0.3 is 9.32 Å². The minimum absolute atomic E-state index is 0.169. The Balaban J connectivity index is 1.02. The zero-order chi connectivity index (χ0) is 34.9. The lowest BCUT2D eigenvalue weighted by Gasteiger charge is -2.42. The van der Waals surface area contributed by atoms with Crippen LogP contribution >= 0.6 is 11.3 Å². The predicted octanol–water partition coefficient (Wildman–Crippen LogP) is 13.7. The normalized spacial score (nSPS) is 19.5. The number of hydrogen-bond acceptors (Lipinski definition) is 3. The van der Waals surface area contributed by atoms with E-state index in [0.717, 1.165) is 17.6 Å². The van der Waals surface area contributed by atoms with Crippen molar-refractivity contribution in [3.05, 3.63) is 199 Å². The average molecular weight is 698 g/mol. The molecular formula is C50H35NOS. The fourth-order valence-electron chi connectivity index (χ4n) is 8.92. The summed E-state index contributed by atoms with van der Waals surface area (Å²) < 4.78 is 8.96. The molecule has 252 valence electrons. The van der Waals surface area contributed by atoms with Crippen LogP contribution in [0.4, 0.5) is 5.69 Å². The van der Waals surface area contributed by atoms with Crippen LogP contribution in [0, 0.1) is 11.8 Å². The molecule has 0 saturated heterocycles. The monoisotopic (exact) mass is 697 g/mol. The first-order chi connectivity index (χ1) is 26.3. The van der Waals surface area contributed by atoms with E-state index in [1.807, 2.05) is 17.4 Å². The van der Waals surface area contributed by atoms with Crippen molar-refractivity contribution in [3.8, 4) is 0 Å². The number of furan rings is 1. The van der Waals surface area contributed by atoms with Crippen LogP contribution in [0.25, 0.3) is 64.0 Å². The second-order valence-electron chi connectivity index (χ2n) is 14.3. The van der Waals surface area contributed by atoms with E-state index in [1.165, 1.54) is 75.4 Å². The molecule has 0 aliphatic heterocycles. The van der Waals surface area contributed by atoms with E-state index in [-0.39, 0.29) is 17.9 Å². The summed E-state index contributed by atoms with van der Waals surface area (Å²) >= 11 is 1.91. The topological polar surface area (TPSA) is 16.4 Å². The van der Waals surface area contributed by atoms with Crippen molar-refractivity contribution >= 4 is 81.1 Å². The van der Waals surface area contributed by atoms with E-state index in [0.29, 0.717) is 0 Å². The first-order valence-electron chi connectivity index (χ1n) is 18.5. The van der Waals surface area contributed by atoms with E-state index in [2.05, 4.69) is 181 Å². The number of rotatable bonds is 5. The number of benzene rings is 6. The zero-order valence-corrected chi connectivity index (χ0v) is 29.8. The fraction of sp³-hybridized carbons (Fsp3) is 0.0800. The van der Waals surface area contributed by atoms with E-state index in [4.69, 9.17) is 4.42 Å². The highest BCUT2D eigenvalue weighted by Gasteiger charge is 2.35. The van der Waals surface area contributed by atoms with Crippen LogP contribution in [0.15, 0.2) is 192 Å². The van der Waals surface area contributed by atoms with Crippen molar-refractivity contribution in [3.63, 3.8) is 0 Å². The van der Waals surface area contributed by atoms with Crippen LogP contribution in [0.1, 0.15) is 17.5 Å². The highest BCUT2D eigenvalue weighted by Crippen LogP contribution is 2.48. The van der Waals surface area contributed by atoms with Crippen molar-refractivity contribution in [1.29, 1.82) is 0 Å². The van der Waals surface area contributed by atoms with Crippen molar-refractivity contribution in [2.75, 3.05) is 4.90 Å². The molecule has 11 rings (SSSR count). The molecule has 3 heteroatoms. The summed E-state index contributed by atoms with van der Waals surface area (Å²) in [6.07, 6.45) is 22.2. The number of para-hydroxylation sites is 1. The molecule has 0 fully saturated rings. The zero-order valence-electron chi connectivity index (χ0n) is 29.0. The molecule has 3 unspecified atom stereocenters. The number of nitrogens with zero attached hydrogens (tertiary/aromatic N) is 1. The Morgan fingerprint density at radius 2 is 1.40 bits per heavy atom. The molecule has 2 aromatic heterocycles. The average Bonchev–Trinajstić information content (AvgIpc) is 3.81. The first-order valence-corrected chi connectivity index (χ1v) is 19.3. The number of hydrogen-bond donors (Lipinski definition) is 0. The van der Waals surface area contributed by atoms with Crippen molar-refractivity contribution in [1.82, 2.24) is 0 Å². The standard InChI is InChI=1S/C50H35NOS/c1-2-11-32(12-3-1)33-25-28-36(29-26-33)51(45-20-10-18-41-40-13-5-7-22-48(40)53-50(41)45)44-19-9-16-38-37(15-8-17-39(38)44)35-24-23-34-27-30-47-49(43(34)31-35)42-14-4-6-21-46(42)52-47/h1-28,30-31,36,38-39H,29H2. The quantitative estimate of drug-likeness (QED) is 0.178. The summed E-state index contributed by atoms with van der Waals surface area (Å²) in [6, 6.07) is 46.3. The molecule has 3 aliphatic rings. The van der Waals surface area contributed by atoms with Gasteiger partial charge in [-0.25, -0.2) is 0 Å². The highest BCUT2D eigenvalue weighted by atomic mass is 32.1. The van der Waals surface area contributed by atoms with Gasteiger partial charge in [0.1, 0.15) is 11.2 Å². The van der Waals surface area contributed by atoms with Gasteiger partial charge in [0, 0.05) is 43.8 Å². The van der Waals surface area contributed by atoms with E-state index in [9.17, 15) is 0 Å². The summed E-state index contributed by atoms with van der Waals surface area (Å²) in [4.78, 5) is 2.66. The molecule has 8 aromatic rings. The summed E-state index contributed by atoms with van der Waals surface area (Å²) in [5.41, 5.74) is 9.63. The molecule has 0 saturated carbocycles. The molecule has 0 radical (unpaired) electrons. The lowest BCUT2D eigenvalue weighted by Crippen LogP contribution is -2.39. The third-order valence-corrected chi connectivity index (χ3v) is 12.6. The highest BCUT2D eigenvalue weighted by molar-refractivity contribution is 7.26. The van der Waals surface area contributed by atoms with Crippen molar-refractivity contribution in [2.24, 2.45) is 11.8 Å². The van der Waals surface area contributed by atoms with Gasteiger partial charge in [0.05, 0.1) is 16.4 Å². The molecule has 2 nitrogen and oxygen atoms in total. The van der Waals surface area contributed by atoms with Gasteiger partial charge in [0.25, 0.3) is 0 Å². The van der Waals surface area contributed by atoms with Gasteiger partial charge in [-0.05, 0) is 75.9 Å². The molecular weight excluding hydrogens is 663 g/mol. The first kappa shape index (κ1) is 30.5. The molecule has 0 spiro atoms. The Labute approximate surface area is 312 Å². The van der Waals surface area contributed by atoms with Gasteiger partial charge in [-0.15, -0.1) is 11.3 Å². The molecule has 0 amide bonds. The Morgan fingerprint density at radius 1 is 0.604 bits per heavy atom. The second-order valence-corrected chi connectivity index (χ2v) is 15.4. The van der Waals surface area contributed by atoms with Crippen molar-refractivity contribution in [2.45, 2.75) is 12.5 Å². The molecule has 3 aliphatic carbocycles. The number of anilines is 1. The SMILES string of the molecule is C1=CC2C(c3ccc4ccc5oc6ccccc6c5c4c3)=CC=CC2C(N(c2cccc3c2sc2ccccc23)C2C=CC(c3ccccc3)=CC2)=C1. The summed E-state index contributed by atoms with van der Waals surface area (Å²) in [5, 5.41) is 7.47. The smallest absolute Gasteiger partial charge is 0.136 e. The maximum Gasteiger partial charge on any atom is 0.136 e. The van der Waals surface area contributed by atoms with Gasteiger partial charge in [-0.1, -0.05) is 146 Å². The third-order valence-electron chi connectivity index (χ3n) is 11.4. The maximum absolute atomic E-state index is 6.29. The number of thiophene rings is 1. The molecule has 0 bridgehead atoms. The Kier molecular flexibility index (Phi) is 7.03. The van der Waals surface area contributed by atoms with Crippen LogP contribution in [0.3, 0.4) is 0 Å². The third kappa shape index (κ3) is 4.92. The minimum Gasteiger partial charge on any atom is -0.456 e. The van der Waals surface area contributed by atoms with Crippen LogP contribution in [0.5, 0.6) is 0 Å². The number of fused-ring (bicyclic) bond motifs is 9. The van der Waals surface area contributed by atoms with Crippen LogP contribution in [-0.2, 0) is 0 Å². The van der Waals surface area contributed by atoms with E-state index < -0.39 is 0 Å². The van der Waals surface area contributed by atoms with Gasteiger partial charge in [-0.3, -0.25) is 0 Å². The second kappa shape index (κ2) is 12.2. The summed E-state index contributed by atoms with van der Waals surface area (Å²) in [5.74, 6) is 0.378. The predicted molar refractivity (Wildman–Crippen MR) is 226 cm³/mol. The van der Waals surface area contributed by atoms with Crippen molar-refractivity contribution < 1.29 is 4.42 Å². The van der Waals surface area contributed by atoms with Gasteiger partial charge in [0.15, 0.2) is 0 Å². The molecule has 2 heterocycles. The van der Waals surface area contributed by atoms with Crippen LogP contribution < -0.4 is 4.90 Å². The molecule has 3 atom stereocenters. The largest absolute Gasteiger partial charge is 0.456 e. The number of allylic oxidation sites excluding steroid dienone is 9. The summed E-state index contributed by atoms with van der Waals surface area (Å²) in [7, 11) is 0. The minimum atomic E-state index is 0.169. The maximum atomic E-state index is 6.29. The fourth-order valence-corrected chi connectivity index (χ4v) is 10.1. The van der Waals surface area contributed by atoms with E-state index in [1.54, 1.807) is 0 Å². The molecule has 0 N–H and O–H groups in total. The van der Waals surface area contributed by atoms with Gasteiger partial charge >= 0.3 is 0 Å².